The molecule has 0 amide bonds. The maximum absolute atomic E-state index is 13.8. The van der Waals surface area contributed by atoms with E-state index < -0.39 is 11.2 Å². The number of ketones is 1. The Balaban J connectivity index is 2.64. The number of thiazole rings is 1. The monoisotopic (exact) mass is 397 g/mol. The molecule has 1 aromatic carbocycles. The Kier molecular flexibility index (Phi) is 5.06. The fourth-order valence-electron chi connectivity index (χ4n) is 1.80. The van der Waals surface area contributed by atoms with Gasteiger partial charge >= 0.3 is 0 Å². The highest BCUT2D eigenvalue weighted by molar-refractivity contribution is 9.10. The zero-order valence-electron chi connectivity index (χ0n) is 13.3. The third kappa shape index (κ3) is 4.06. The van der Waals surface area contributed by atoms with Gasteiger partial charge in [0.25, 0.3) is 5.56 Å². The molecule has 0 aliphatic heterocycles. The van der Waals surface area contributed by atoms with Gasteiger partial charge in [0.2, 0.25) is 0 Å². The molecular formula is C17H17BrFNO2S. The molecule has 0 bridgehead atoms. The maximum Gasteiger partial charge on any atom is 0.268 e. The van der Waals surface area contributed by atoms with Crippen molar-refractivity contribution in [1.82, 2.24) is 4.57 Å². The van der Waals surface area contributed by atoms with Crippen LogP contribution in [0.25, 0.3) is 12.2 Å². The summed E-state index contributed by atoms with van der Waals surface area (Å²) >= 11 is 4.46. The van der Waals surface area contributed by atoms with Crippen molar-refractivity contribution in [3.05, 3.63) is 53.6 Å². The second kappa shape index (κ2) is 6.53. The molecule has 23 heavy (non-hydrogen) atoms. The lowest BCUT2D eigenvalue weighted by Crippen LogP contribution is -2.30. The minimum absolute atomic E-state index is 0.0606. The summed E-state index contributed by atoms with van der Waals surface area (Å²) in [6, 6.07) is 4.54. The number of hydrogen-bond donors (Lipinski definition) is 0. The Hall–Kier alpha value is -1.53. The minimum atomic E-state index is -0.514. The maximum atomic E-state index is 13.8. The first-order valence-corrected chi connectivity index (χ1v) is 8.59. The van der Waals surface area contributed by atoms with Crippen LogP contribution in [0.5, 0.6) is 0 Å². The third-order valence-corrected chi connectivity index (χ3v) is 4.91. The summed E-state index contributed by atoms with van der Waals surface area (Å²) in [5.74, 6) is -0.463. The Morgan fingerprint density at radius 2 is 2.00 bits per heavy atom. The van der Waals surface area contributed by atoms with E-state index in [1.807, 2.05) is 20.8 Å². The van der Waals surface area contributed by atoms with E-state index in [2.05, 4.69) is 15.9 Å². The van der Waals surface area contributed by atoms with Crippen molar-refractivity contribution in [3.8, 4) is 0 Å². The van der Waals surface area contributed by atoms with Gasteiger partial charge < -0.3 is 4.57 Å². The molecule has 6 heteroatoms. The Morgan fingerprint density at radius 3 is 2.61 bits per heavy atom. The molecule has 0 aliphatic carbocycles. The molecule has 3 nitrogen and oxygen atoms in total. The van der Waals surface area contributed by atoms with Gasteiger partial charge in [-0.1, -0.05) is 36.7 Å². The van der Waals surface area contributed by atoms with Crippen molar-refractivity contribution >= 4 is 45.2 Å². The van der Waals surface area contributed by atoms with Crippen LogP contribution in [0.4, 0.5) is 4.39 Å². The van der Waals surface area contributed by atoms with Gasteiger partial charge in [-0.05, 0) is 24.3 Å². The van der Waals surface area contributed by atoms with E-state index in [9.17, 15) is 14.0 Å². The number of nitrogens with zero attached hydrogens (tertiary/aromatic N) is 1. The Morgan fingerprint density at radius 1 is 1.35 bits per heavy atom. The van der Waals surface area contributed by atoms with Crippen molar-refractivity contribution in [1.29, 1.82) is 0 Å². The highest BCUT2D eigenvalue weighted by Crippen LogP contribution is 2.16. The summed E-state index contributed by atoms with van der Waals surface area (Å²) in [5, 5.41) is 0. The van der Waals surface area contributed by atoms with E-state index in [0.29, 0.717) is 14.8 Å². The lowest BCUT2D eigenvalue weighted by atomic mass is 9.91. The Bertz CT molecular complexity index is 935. The average molecular weight is 398 g/mol. The van der Waals surface area contributed by atoms with Crippen molar-refractivity contribution in [2.75, 3.05) is 0 Å². The summed E-state index contributed by atoms with van der Waals surface area (Å²) in [4.78, 5) is 24.4. The summed E-state index contributed by atoms with van der Waals surface area (Å²) < 4.78 is 16.9. The smallest absolute Gasteiger partial charge is 0.268 e. The van der Waals surface area contributed by atoms with Crippen LogP contribution in [0.15, 0.2) is 27.5 Å². The minimum Gasteiger partial charge on any atom is -0.302 e. The van der Waals surface area contributed by atoms with E-state index in [0.717, 1.165) is 4.47 Å². The Labute approximate surface area is 145 Å². The number of carbonyl (C=O) groups excluding carboxylic acids is 1. The van der Waals surface area contributed by atoms with Gasteiger partial charge in [-0.3, -0.25) is 9.59 Å². The highest BCUT2D eigenvalue weighted by atomic mass is 79.9. The summed E-state index contributed by atoms with van der Waals surface area (Å²) in [6.07, 6.45) is 2.98. The van der Waals surface area contributed by atoms with Crippen LogP contribution in [0.1, 0.15) is 26.3 Å². The summed E-state index contributed by atoms with van der Waals surface area (Å²) in [6.45, 7) is 5.46. The van der Waals surface area contributed by atoms with Gasteiger partial charge in [0, 0.05) is 28.6 Å². The van der Waals surface area contributed by atoms with Gasteiger partial charge in [0.15, 0.2) is 5.78 Å². The first-order valence-electron chi connectivity index (χ1n) is 6.98. The third-order valence-electron chi connectivity index (χ3n) is 3.30. The predicted octanol–water partition coefficient (Wildman–Crippen LogP) is 2.57. The molecule has 0 saturated carbocycles. The van der Waals surface area contributed by atoms with Gasteiger partial charge in [-0.25, -0.2) is 4.39 Å². The molecule has 0 fully saturated rings. The van der Waals surface area contributed by atoms with Crippen molar-refractivity contribution in [3.63, 3.8) is 0 Å². The van der Waals surface area contributed by atoms with E-state index in [1.165, 1.54) is 34.1 Å². The molecule has 0 spiro atoms. The van der Waals surface area contributed by atoms with E-state index >= 15 is 0 Å². The summed E-state index contributed by atoms with van der Waals surface area (Å²) in [7, 11) is 1.61. The second-order valence-electron chi connectivity index (χ2n) is 6.24. The van der Waals surface area contributed by atoms with Crippen LogP contribution in [0, 0.1) is 11.2 Å². The molecule has 0 atom stereocenters. The van der Waals surface area contributed by atoms with E-state index in [1.54, 1.807) is 19.2 Å². The normalized spacial score (nSPS) is 13.7. The van der Waals surface area contributed by atoms with Crippen LogP contribution >= 0.6 is 27.3 Å². The van der Waals surface area contributed by atoms with Gasteiger partial charge in [-0.2, -0.15) is 0 Å². The zero-order valence-corrected chi connectivity index (χ0v) is 15.7. The van der Waals surface area contributed by atoms with Crippen molar-refractivity contribution < 1.29 is 9.18 Å². The fourth-order valence-corrected chi connectivity index (χ4v) is 3.20. The molecule has 2 rings (SSSR count). The highest BCUT2D eigenvalue weighted by Gasteiger charge is 2.19. The molecule has 1 aromatic heterocycles. The fraction of sp³-hybridized carbons (Fsp3) is 0.294. The second-order valence-corrected chi connectivity index (χ2v) is 8.22. The van der Waals surface area contributed by atoms with Gasteiger partial charge in [-0.15, -0.1) is 11.3 Å². The number of benzene rings is 1. The number of Topliss-reactive ketones (excluding diaryl/α,β-unsaturated/α-hetero) is 1. The average Bonchev–Trinajstić information content (AvgIpc) is 2.70. The quantitative estimate of drug-likeness (QED) is 0.780. The van der Waals surface area contributed by atoms with Crippen LogP contribution in [-0.2, 0) is 11.8 Å². The molecule has 2 aromatic rings. The molecule has 0 aliphatic rings. The number of rotatable bonds is 2. The van der Waals surface area contributed by atoms with Crippen molar-refractivity contribution in [2.24, 2.45) is 12.5 Å². The largest absolute Gasteiger partial charge is 0.302 e. The zero-order chi connectivity index (χ0) is 17.4. The lowest BCUT2D eigenvalue weighted by molar-refractivity contribution is -0.120. The first kappa shape index (κ1) is 17.8. The predicted molar refractivity (Wildman–Crippen MR) is 95.4 cm³/mol. The van der Waals surface area contributed by atoms with Crippen LogP contribution in [-0.4, -0.2) is 10.4 Å². The lowest BCUT2D eigenvalue weighted by Gasteiger charge is -2.12. The van der Waals surface area contributed by atoms with Gasteiger partial charge in [0.05, 0.1) is 4.53 Å². The molecule has 0 radical (unpaired) electrons. The molecule has 0 saturated heterocycles. The molecule has 122 valence electrons. The summed E-state index contributed by atoms with van der Waals surface area (Å²) in [5.41, 5.74) is -0.435. The number of halogens is 2. The first-order chi connectivity index (χ1) is 10.6. The molecular weight excluding hydrogens is 381 g/mol. The van der Waals surface area contributed by atoms with Gasteiger partial charge in [0.1, 0.15) is 10.5 Å². The van der Waals surface area contributed by atoms with E-state index in [-0.39, 0.29) is 11.3 Å². The van der Waals surface area contributed by atoms with Crippen LogP contribution < -0.4 is 14.8 Å². The molecule has 1 heterocycles. The van der Waals surface area contributed by atoms with E-state index in [4.69, 9.17) is 0 Å². The van der Waals surface area contributed by atoms with Crippen molar-refractivity contribution in [2.45, 2.75) is 20.8 Å². The molecule has 0 N–H and O–H groups in total. The number of carbonyl (C=O) groups is 1. The SMILES string of the molecule is Cn1c(=O)/c(=C/c2cc(Br)ccc2F)s/c1=C\C(=O)C(C)(C)C. The molecule has 0 unspecified atom stereocenters. The van der Waals surface area contributed by atoms with Crippen LogP contribution in [0.3, 0.4) is 0 Å². The topological polar surface area (TPSA) is 39.1 Å². The van der Waals surface area contributed by atoms with Crippen LogP contribution in [0.2, 0.25) is 0 Å². The standard InChI is InChI=1S/C17H17BrFNO2S/c1-17(2,3)14(21)9-15-20(4)16(22)13(23-15)8-10-7-11(18)5-6-12(10)19/h5-9H,1-4H3/b13-8-,15-9-. The number of aromatic nitrogens is 1. The number of hydrogen-bond acceptors (Lipinski definition) is 3.